The lowest BCUT2D eigenvalue weighted by atomic mass is 10.1. The first-order chi connectivity index (χ1) is 21.5. The van der Waals surface area contributed by atoms with Crippen LogP contribution in [0.4, 0.5) is 5.69 Å². The van der Waals surface area contributed by atoms with E-state index in [4.69, 9.17) is 30.5 Å². The van der Waals surface area contributed by atoms with E-state index in [0.29, 0.717) is 30.0 Å². The van der Waals surface area contributed by atoms with Gasteiger partial charge < -0.3 is 29.2 Å². The van der Waals surface area contributed by atoms with Crippen LogP contribution in [0, 0.1) is 0 Å². The molecule has 3 aromatic rings. The number of amides is 2. The van der Waals surface area contributed by atoms with Crippen molar-refractivity contribution >= 4 is 39.1 Å². The number of sulfonamides is 1. The van der Waals surface area contributed by atoms with Gasteiger partial charge in [-0.05, 0) is 60.9 Å². The Balaban J connectivity index is 2.17. The number of rotatable bonds is 16. The van der Waals surface area contributed by atoms with Gasteiger partial charge in [0.1, 0.15) is 24.1 Å². The van der Waals surface area contributed by atoms with E-state index in [-0.39, 0.29) is 46.0 Å². The van der Waals surface area contributed by atoms with Crippen LogP contribution in [0.25, 0.3) is 0 Å². The first kappa shape index (κ1) is 35.3. The molecule has 0 saturated heterocycles. The average molecular weight is 662 g/mol. The van der Waals surface area contributed by atoms with Gasteiger partial charge in [-0.15, -0.1) is 0 Å². The molecule has 0 aromatic heterocycles. The molecule has 2 amide bonds. The summed E-state index contributed by atoms with van der Waals surface area (Å²) in [5, 5.41) is 3.09. The predicted octanol–water partition coefficient (Wildman–Crippen LogP) is 4.90. The second kappa shape index (κ2) is 16.2. The summed E-state index contributed by atoms with van der Waals surface area (Å²) in [6.07, 6.45) is 0.992. The lowest BCUT2D eigenvalue weighted by molar-refractivity contribution is -0.140. The van der Waals surface area contributed by atoms with Crippen molar-refractivity contribution in [2.24, 2.45) is 0 Å². The quantitative estimate of drug-likeness (QED) is 0.230. The van der Waals surface area contributed by atoms with Crippen molar-refractivity contribution in [1.82, 2.24) is 10.2 Å². The highest BCUT2D eigenvalue weighted by molar-refractivity contribution is 7.92. The topological polar surface area (TPSA) is 124 Å². The van der Waals surface area contributed by atoms with E-state index in [2.05, 4.69) is 5.32 Å². The molecule has 13 heteroatoms. The van der Waals surface area contributed by atoms with Crippen LogP contribution in [-0.2, 0) is 26.2 Å². The second-order valence-corrected chi connectivity index (χ2v) is 12.2. The second-order valence-electron chi connectivity index (χ2n) is 9.93. The van der Waals surface area contributed by atoms with Gasteiger partial charge in [-0.2, -0.15) is 0 Å². The summed E-state index contributed by atoms with van der Waals surface area (Å²) in [6.45, 7) is 3.49. The number of nitrogens with one attached hydrogen (secondary N) is 1. The maximum Gasteiger partial charge on any atom is 0.265 e. The maximum absolute atomic E-state index is 14.4. The summed E-state index contributed by atoms with van der Waals surface area (Å²) in [6, 6.07) is 14.8. The molecule has 0 saturated carbocycles. The summed E-state index contributed by atoms with van der Waals surface area (Å²) in [5.41, 5.74) is 0.733. The Kier molecular flexibility index (Phi) is 12.7. The Labute approximate surface area is 270 Å². The van der Waals surface area contributed by atoms with E-state index in [0.717, 1.165) is 4.31 Å². The van der Waals surface area contributed by atoms with E-state index in [1.165, 1.54) is 63.7 Å². The Morgan fingerprint density at radius 1 is 0.867 bits per heavy atom. The minimum absolute atomic E-state index is 0.0189. The van der Waals surface area contributed by atoms with Crippen LogP contribution in [0.3, 0.4) is 0 Å². The third-order valence-electron chi connectivity index (χ3n) is 7.05. The Bertz CT molecular complexity index is 1580. The highest BCUT2D eigenvalue weighted by Crippen LogP contribution is 2.37. The van der Waals surface area contributed by atoms with Crippen LogP contribution in [0.2, 0.25) is 5.02 Å². The maximum atomic E-state index is 14.4. The van der Waals surface area contributed by atoms with E-state index in [9.17, 15) is 18.0 Å². The molecule has 0 aliphatic heterocycles. The van der Waals surface area contributed by atoms with Crippen LogP contribution in [0.5, 0.6) is 23.0 Å². The molecule has 45 heavy (non-hydrogen) atoms. The van der Waals surface area contributed by atoms with Crippen molar-refractivity contribution in [1.29, 1.82) is 0 Å². The zero-order valence-electron chi connectivity index (χ0n) is 26.3. The standard InChI is InChI=1S/C32H40ClN3O8S/c1-7-16-34-32(38)26(8-2)35(20-22-10-9-11-24(17-22)41-3)31(37)21-36(27-18-23(33)12-14-28(27)42-4)45(39,40)25-13-15-29(43-5)30(19-25)44-6/h9-15,17-19,26H,7-8,16,20-21H2,1-6H3,(H,34,38). The molecule has 1 N–H and O–H groups in total. The molecule has 0 radical (unpaired) electrons. The normalized spacial score (nSPS) is 11.7. The zero-order chi connectivity index (χ0) is 33.1. The SMILES string of the molecule is CCCNC(=O)C(CC)N(Cc1cccc(OC)c1)C(=O)CN(c1cc(Cl)ccc1OC)S(=O)(=O)c1ccc(OC)c(OC)c1. The minimum atomic E-state index is -4.45. The number of methoxy groups -OCH3 is 4. The fourth-order valence-electron chi connectivity index (χ4n) is 4.73. The summed E-state index contributed by atoms with van der Waals surface area (Å²) < 4.78 is 51.1. The summed E-state index contributed by atoms with van der Waals surface area (Å²) in [5.74, 6) is 0.287. The fraction of sp³-hybridized carbons (Fsp3) is 0.375. The van der Waals surface area contributed by atoms with Gasteiger partial charge >= 0.3 is 0 Å². The van der Waals surface area contributed by atoms with Crippen LogP contribution in [0.1, 0.15) is 32.3 Å². The molecule has 0 aliphatic carbocycles. The largest absolute Gasteiger partial charge is 0.497 e. The number of nitrogens with zero attached hydrogens (tertiary/aromatic N) is 2. The zero-order valence-corrected chi connectivity index (χ0v) is 27.9. The molecule has 3 rings (SSSR count). The number of halogens is 1. The molecule has 244 valence electrons. The Morgan fingerprint density at radius 2 is 1.56 bits per heavy atom. The molecule has 3 aromatic carbocycles. The van der Waals surface area contributed by atoms with E-state index in [1.54, 1.807) is 37.3 Å². The molecule has 0 bridgehead atoms. The minimum Gasteiger partial charge on any atom is -0.497 e. The number of carbonyl (C=O) groups is 2. The van der Waals surface area contributed by atoms with Crippen molar-refractivity contribution in [2.75, 3.05) is 45.8 Å². The van der Waals surface area contributed by atoms with E-state index >= 15 is 0 Å². The molecule has 1 atom stereocenters. The molecule has 0 heterocycles. The summed E-state index contributed by atoms with van der Waals surface area (Å²) >= 11 is 6.33. The highest BCUT2D eigenvalue weighted by atomic mass is 35.5. The predicted molar refractivity (Wildman–Crippen MR) is 173 cm³/mol. The lowest BCUT2D eigenvalue weighted by Crippen LogP contribution is -2.52. The van der Waals surface area contributed by atoms with Gasteiger partial charge in [-0.3, -0.25) is 13.9 Å². The number of carbonyl (C=O) groups excluding carboxylic acids is 2. The Morgan fingerprint density at radius 3 is 2.18 bits per heavy atom. The van der Waals surface area contributed by atoms with Gasteiger partial charge in [0.25, 0.3) is 10.0 Å². The lowest BCUT2D eigenvalue weighted by Gasteiger charge is -2.33. The van der Waals surface area contributed by atoms with Gasteiger partial charge in [0.15, 0.2) is 11.5 Å². The molecule has 0 spiro atoms. The van der Waals surface area contributed by atoms with Crippen molar-refractivity contribution in [3.63, 3.8) is 0 Å². The number of anilines is 1. The van der Waals surface area contributed by atoms with E-state index < -0.39 is 28.5 Å². The van der Waals surface area contributed by atoms with Crippen molar-refractivity contribution in [3.05, 3.63) is 71.2 Å². The fourth-order valence-corrected chi connectivity index (χ4v) is 6.33. The average Bonchev–Trinajstić information content (AvgIpc) is 3.05. The van der Waals surface area contributed by atoms with Gasteiger partial charge in [-0.1, -0.05) is 37.6 Å². The summed E-state index contributed by atoms with van der Waals surface area (Å²) in [4.78, 5) is 28.9. The monoisotopic (exact) mass is 661 g/mol. The first-order valence-electron chi connectivity index (χ1n) is 14.3. The van der Waals surface area contributed by atoms with Gasteiger partial charge in [0.2, 0.25) is 11.8 Å². The summed E-state index contributed by atoms with van der Waals surface area (Å²) in [7, 11) is 1.29. The van der Waals surface area contributed by atoms with Crippen molar-refractivity contribution < 1.29 is 37.0 Å². The van der Waals surface area contributed by atoms with Gasteiger partial charge in [0.05, 0.1) is 39.0 Å². The van der Waals surface area contributed by atoms with E-state index in [1.807, 2.05) is 6.92 Å². The third kappa shape index (κ3) is 8.52. The smallest absolute Gasteiger partial charge is 0.265 e. The molecule has 0 aliphatic rings. The van der Waals surface area contributed by atoms with Crippen LogP contribution < -0.4 is 28.6 Å². The van der Waals surface area contributed by atoms with Crippen LogP contribution in [0.15, 0.2) is 65.6 Å². The molecule has 0 fully saturated rings. The number of hydrogen-bond acceptors (Lipinski definition) is 8. The number of ether oxygens (including phenoxy) is 4. The molecule has 11 nitrogen and oxygen atoms in total. The van der Waals surface area contributed by atoms with Crippen LogP contribution >= 0.6 is 11.6 Å². The van der Waals surface area contributed by atoms with Crippen molar-refractivity contribution in [3.8, 4) is 23.0 Å². The third-order valence-corrected chi connectivity index (χ3v) is 9.04. The van der Waals surface area contributed by atoms with Gasteiger partial charge in [0, 0.05) is 24.2 Å². The Hall–Kier alpha value is -4.16. The van der Waals surface area contributed by atoms with Gasteiger partial charge in [-0.25, -0.2) is 8.42 Å². The van der Waals surface area contributed by atoms with Crippen LogP contribution in [-0.4, -0.2) is 72.7 Å². The number of benzene rings is 3. The number of hydrogen-bond donors (Lipinski definition) is 1. The molecule has 1 unspecified atom stereocenters. The molecular weight excluding hydrogens is 622 g/mol. The van der Waals surface area contributed by atoms with Crippen molar-refractivity contribution in [2.45, 2.75) is 44.2 Å². The molecular formula is C32H40ClN3O8S. The highest BCUT2D eigenvalue weighted by Gasteiger charge is 2.35. The first-order valence-corrected chi connectivity index (χ1v) is 16.1.